The molecule has 0 saturated carbocycles. The SMILES string of the molecule is CC(C)(C)c1ccc(-c2cc(C(C)(C)C)ccc2-c2ccccc2N(c2ccc3c(c2)C(C)(C)c2ccccc2-3)c2ccc3c(c2)C(C)(C)c2cc(C(C)(C)C)ccc2-3)cc1. The average Bonchev–Trinajstić information content (AvgIpc) is 3.58. The topological polar surface area (TPSA) is 3.24 Å². The minimum atomic E-state index is -0.163. The predicted octanol–water partition coefficient (Wildman–Crippen LogP) is 17.0. The van der Waals surface area contributed by atoms with Crippen LogP contribution in [-0.2, 0) is 27.1 Å². The van der Waals surface area contributed by atoms with Crippen molar-refractivity contribution in [2.45, 2.75) is 117 Å². The number of benzene rings is 7. The average molecular weight is 798 g/mol. The molecular formula is C60H63N. The van der Waals surface area contributed by atoms with Gasteiger partial charge in [0.05, 0.1) is 5.69 Å². The highest BCUT2D eigenvalue weighted by Gasteiger charge is 2.39. The van der Waals surface area contributed by atoms with Crippen molar-refractivity contribution < 1.29 is 0 Å². The summed E-state index contributed by atoms with van der Waals surface area (Å²) in [5, 5.41) is 0. The molecule has 0 radical (unpaired) electrons. The second kappa shape index (κ2) is 13.9. The fourth-order valence-corrected chi connectivity index (χ4v) is 10.1. The quantitative estimate of drug-likeness (QED) is 0.168. The number of rotatable bonds is 5. The van der Waals surface area contributed by atoms with Crippen LogP contribution < -0.4 is 4.90 Å². The molecule has 0 bridgehead atoms. The summed E-state index contributed by atoms with van der Waals surface area (Å²) in [6.45, 7) is 30.4. The van der Waals surface area contributed by atoms with E-state index in [0.717, 1.165) is 11.4 Å². The lowest BCUT2D eigenvalue weighted by Crippen LogP contribution is -2.19. The van der Waals surface area contributed by atoms with Crippen LogP contribution in [0.1, 0.15) is 129 Å². The molecule has 7 aromatic carbocycles. The van der Waals surface area contributed by atoms with E-state index in [2.05, 4.69) is 241 Å². The van der Waals surface area contributed by atoms with Crippen molar-refractivity contribution in [2.75, 3.05) is 4.90 Å². The van der Waals surface area contributed by atoms with Gasteiger partial charge >= 0.3 is 0 Å². The Hall–Kier alpha value is -5.66. The number of fused-ring (bicyclic) bond motifs is 6. The molecule has 2 aliphatic carbocycles. The number of hydrogen-bond acceptors (Lipinski definition) is 1. The first-order valence-electron chi connectivity index (χ1n) is 22.3. The van der Waals surface area contributed by atoms with Crippen LogP contribution in [0.3, 0.4) is 0 Å². The summed E-state index contributed by atoms with van der Waals surface area (Å²) < 4.78 is 0. The molecule has 0 atom stereocenters. The molecule has 7 aromatic rings. The summed E-state index contributed by atoms with van der Waals surface area (Å²) >= 11 is 0. The molecule has 1 nitrogen and oxygen atoms in total. The van der Waals surface area contributed by atoms with Crippen LogP contribution in [0.4, 0.5) is 17.1 Å². The van der Waals surface area contributed by atoms with Gasteiger partial charge in [-0.1, -0.05) is 205 Å². The third-order valence-corrected chi connectivity index (χ3v) is 14.0. The number of anilines is 3. The van der Waals surface area contributed by atoms with Gasteiger partial charge in [-0.15, -0.1) is 0 Å². The second-order valence-corrected chi connectivity index (χ2v) is 22.0. The summed E-state index contributed by atoms with van der Waals surface area (Å²) in [6, 6.07) is 56.1. The van der Waals surface area contributed by atoms with Crippen LogP contribution in [0, 0.1) is 0 Å². The van der Waals surface area contributed by atoms with Crippen LogP contribution in [0.25, 0.3) is 44.5 Å². The maximum Gasteiger partial charge on any atom is 0.0540 e. The van der Waals surface area contributed by atoms with Gasteiger partial charge in [0, 0.05) is 27.8 Å². The molecule has 0 aliphatic heterocycles. The van der Waals surface area contributed by atoms with Gasteiger partial charge in [0.25, 0.3) is 0 Å². The predicted molar refractivity (Wildman–Crippen MR) is 263 cm³/mol. The smallest absolute Gasteiger partial charge is 0.0540 e. The molecule has 0 spiro atoms. The van der Waals surface area contributed by atoms with Crippen molar-refractivity contribution in [1.82, 2.24) is 0 Å². The maximum atomic E-state index is 2.54. The minimum absolute atomic E-state index is 0.00141. The highest BCUT2D eigenvalue weighted by Crippen LogP contribution is 2.54. The first-order chi connectivity index (χ1) is 28.7. The Balaban J connectivity index is 1.27. The molecule has 61 heavy (non-hydrogen) atoms. The van der Waals surface area contributed by atoms with E-state index >= 15 is 0 Å². The van der Waals surface area contributed by atoms with Crippen molar-refractivity contribution in [2.24, 2.45) is 0 Å². The molecule has 0 amide bonds. The number of hydrogen-bond donors (Lipinski definition) is 0. The van der Waals surface area contributed by atoms with E-state index in [1.54, 1.807) is 0 Å². The molecule has 0 saturated heterocycles. The first kappa shape index (κ1) is 40.7. The zero-order chi connectivity index (χ0) is 43.4. The zero-order valence-corrected chi connectivity index (χ0v) is 38.8. The van der Waals surface area contributed by atoms with E-state index in [4.69, 9.17) is 0 Å². The summed E-state index contributed by atoms with van der Waals surface area (Å²) in [4.78, 5) is 2.54. The number of nitrogens with zero attached hydrogens (tertiary/aromatic N) is 1. The fraction of sp³-hybridized carbons (Fsp3) is 0.300. The molecule has 0 fully saturated rings. The normalized spacial score (nSPS) is 14.9. The van der Waals surface area contributed by atoms with Gasteiger partial charge in [0.2, 0.25) is 0 Å². The van der Waals surface area contributed by atoms with Gasteiger partial charge < -0.3 is 4.90 Å². The monoisotopic (exact) mass is 797 g/mol. The summed E-state index contributed by atoms with van der Waals surface area (Å²) in [6.07, 6.45) is 0. The standard InChI is InChI=1S/C60H63N/c1-56(2,3)39-24-22-38(23-25-39)50-34-40(57(4,5)6)26-30-44(50)49-19-15-17-21-55(49)61(42-28-32-47-45-18-14-16-20-51(45)59(10,11)53(47)36-42)43-29-33-48-46-31-27-41(58(7,8)9)35-52(46)60(12,13)54(48)37-43/h14-37H,1-13H3. The van der Waals surface area contributed by atoms with Crippen molar-refractivity contribution in [3.8, 4) is 44.5 Å². The number of para-hydroxylation sites is 1. The Labute approximate surface area is 366 Å². The van der Waals surface area contributed by atoms with E-state index in [-0.39, 0.29) is 27.1 Å². The van der Waals surface area contributed by atoms with Crippen molar-refractivity contribution in [3.63, 3.8) is 0 Å². The molecule has 0 heterocycles. The summed E-state index contributed by atoms with van der Waals surface area (Å²) in [5.74, 6) is 0. The van der Waals surface area contributed by atoms with Crippen molar-refractivity contribution in [1.29, 1.82) is 0 Å². The first-order valence-corrected chi connectivity index (χ1v) is 22.3. The molecule has 0 aromatic heterocycles. The van der Waals surface area contributed by atoms with Crippen LogP contribution in [0.2, 0.25) is 0 Å². The van der Waals surface area contributed by atoms with Gasteiger partial charge in [-0.2, -0.15) is 0 Å². The van der Waals surface area contributed by atoms with Gasteiger partial charge in [0.1, 0.15) is 0 Å². The van der Waals surface area contributed by atoms with Crippen molar-refractivity contribution >= 4 is 17.1 Å². The molecule has 308 valence electrons. The van der Waals surface area contributed by atoms with E-state index in [1.807, 2.05) is 0 Å². The Morgan fingerprint density at radius 3 is 1.30 bits per heavy atom. The summed E-state index contributed by atoms with van der Waals surface area (Å²) in [5.41, 5.74) is 23.2. The third-order valence-electron chi connectivity index (χ3n) is 14.0. The van der Waals surface area contributed by atoms with Gasteiger partial charge in [-0.05, 0) is 124 Å². The Kier molecular flexibility index (Phi) is 9.30. The van der Waals surface area contributed by atoms with Gasteiger partial charge in [0.15, 0.2) is 0 Å². The van der Waals surface area contributed by atoms with E-state index in [9.17, 15) is 0 Å². The van der Waals surface area contributed by atoms with Gasteiger partial charge in [-0.3, -0.25) is 0 Å². The highest BCUT2D eigenvalue weighted by atomic mass is 15.1. The van der Waals surface area contributed by atoms with E-state index in [1.165, 1.54) is 89.1 Å². The lowest BCUT2D eigenvalue weighted by Gasteiger charge is -2.31. The van der Waals surface area contributed by atoms with Crippen molar-refractivity contribution in [3.05, 3.63) is 185 Å². The van der Waals surface area contributed by atoms with Crippen LogP contribution >= 0.6 is 0 Å². The molecule has 2 aliphatic rings. The molecule has 0 unspecified atom stereocenters. The van der Waals surface area contributed by atoms with Crippen LogP contribution in [0.15, 0.2) is 146 Å². The summed E-state index contributed by atoms with van der Waals surface area (Å²) in [7, 11) is 0. The minimum Gasteiger partial charge on any atom is -0.310 e. The third kappa shape index (κ3) is 6.77. The van der Waals surface area contributed by atoms with E-state index in [0.29, 0.717) is 0 Å². The maximum absolute atomic E-state index is 2.54. The van der Waals surface area contributed by atoms with Gasteiger partial charge in [-0.25, -0.2) is 0 Å². The highest BCUT2D eigenvalue weighted by molar-refractivity contribution is 5.96. The molecule has 9 rings (SSSR count). The second-order valence-electron chi connectivity index (χ2n) is 22.0. The Morgan fingerprint density at radius 1 is 0.328 bits per heavy atom. The lowest BCUT2D eigenvalue weighted by molar-refractivity contribution is 0.584. The Bertz CT molecular complexity index is 2840. The zero-order valence-electron chi connectivity index (χ0n) is 38.8. The largest absolute Gasteiger partial charge is 0.310 e. The molecule has 0 N–H and O–H groups in total. The molecule has 1 heteroatoms. The lowest BCUT2D eigenvalue weighted by atomic mass is 9.79. The van der Waals surface area contributed by atoms with Crippen LogP contribution in [-0.4, -0.2) is 0 Å². The van der Waals surface area contributed by atoms with Crippen LogP contribution in [0.5, 0.6) is 0 Å². The fourth-order valence-electron chi connectivity index (χ4n) is 10.1. The molecular weight excluding hydrogens is 735 g/mol. The Morgan fingerprint density at radius 2 is 0.738 bits per heavy atom. The van der Waals surface area contributed by atoms with E-state index < -0.39 is 0 Å².